The van der Waals surface area contributed by atoms with Gasteiger partial charge in [0.05, 0.1) is 5.69 Å². The topological polar surface area (TPSA) is 46.2 Å². The molecule has 1 N–H and O–H groups in total. The molecule has 0 fully saturated rings. The molecule has 102 valence electrons. The summed E-state index contributed by atoms with van der Waals surface area (Å²) in [7, 11) is 0. The van der Waals surface area contributed by atoms with Crippen molar-refractivity contribution in [2.75, 3.05) is 5.32 Å². The molecule has 0 bridgehead atoms. The Bertz CT molecular complexity index is 550. The van der Waals surface area contributed by atoms with Crippen molar-refractivity contribution in [1.82, 2.24) is 0 Å². The summed E-state index contributed by atoms with van der Waals surface area (Å²) in [4.78, 5) is 23.3. The number of halogens is 1. The zero-order valence-electron chi connectivity index (χ0n) is 11.5. The molecule has 0 aromatic heterocycles. The molecule has 19 heavy (non-hydrogen) atoms. The number of nitrogens with one attached hydrogen (secondary N) is 1. The molecule has 0 spiro atoms. The SMILES string of the molecule is CC(=O)Nc1cc(F)c(C(C)C)c2c1C(=O)CCC2. The van der Waals surface area contributed by atoms with Gasteiger partial charge in [-0.2, -0.15) is 0 Å². The van der Waals surface area contributed by atoms with E-state index in [0.29, 0.717) is 29.7 Å². The van der Waals surface area contributed by atoms with E-state index in [9.17, 15) is 14.0 Å². The van der Waals surface area contributed by atoms with Gasteiger partial charge >= 0.3 is 0 Å². The number of carbonyl (C=O) groups is 2. The summed E-state index contributed by atoms with van der Waals surface area (Å²) in [6, 6.07) is 1.28. The molecule has 1 aliphatic carbocycles. The highest BCUT2D eigenvalue weighted by molar-refractivity contribution is 6.06. The van der Waals surface area contributed by atoms with Crippen molar-refractivity contribution >= 4 is 17.4 Å². The van der Waals surface area contributed by atoms with Crippen molar-refractivity contribution < 1.29 is 14.0 Å². The van der Waals surface area contributed by atoms with Crippen LogP contribution in [0.5, 0.6) is 0 Å². The first kappa shape index (κ1) is 13.7. The second-order valence-corrected chi connectivity index (χ2v) is 5.29. The molecule has 1 aromatic carbocycles. The zero-order valence-corrected chi connectivity index (χ0v) is 11.5. The van der Waals surface area contributed by atoms with E-state index in [0.717, 1.165) is 12.0 Å². The largest absolute Gasteiger partial charge is 0.326 e. The maximum Gasteiger partial charge on any atom is 0.221 e. The smallest absolute Gasteiger partial charge is 0.221 e. The van der Waals surface area contributed by atoms with Crippen molar-refractivity contribution in [2.45, 2.75) is 46.0 Å². The van der Waals surface area contributed by atoms with Gasteiger partial charge in [0, 0.05) is 18.9 Å². The Morgan fingerprint density at radius 1 is 1.37 bits per heavy atom. The fourth-order valence-corrected chi connectivity index (χ4v) is 2.76. The molecule has 0 saturated heterocycles. The summed E-state index contributed by atoms with van der Waals surface area (Å²) in [6.07, 6.45) is 1.90. The second kappa shape index (κ2) is 5.11. The van der Waals surface area contributed by atoms with Crippen molar-refractivity contribution in [3.05, 3.63) is 28.6 Å². The number of anilines is 1. The van der Waals surface area contributed by atoms with Crippen LogP contribution in [0.25, 0.3) is 0 Å². The van der Waals surface area contributed by atoms with Gasteiger partial charge in [0.1, 0.15) is 5.82 Å². The van der Waals surface area contributed by atoms with E-state index in [1.54, 1.807) is 0 Å². The highest BCUT2D eigenvalue weighted by atomic mass is 19.1. The number of Topliss-reactive ketones (excluding diaryl/α,β-unsaturated/α-hetero) is 1. The Kier molecular flexibility index (Phi) is 3.69. The fraction of sp³-hybridized carbons (Fsp3) is 0.467. The Hall–Kier alpha value is -1.71. The van der Waals surface area contributed by atoms with E-state index < -0.39 is 0 Å². The van der Waals surface area contributed by atoms with E-state index in [4.69, 9.17) is 0 Å². The maximum absolute atomic E-state index is 14.2. The molecule has 0 aliphatic heterocycles. The predicted octanol–water partition coefficient (Wildman–Crippen LogP) is 3.43. The molecular formula is C15H18FNO2. The van der Waals surface area contributed by atoms with E-state index >= 15 is 0 Å². The molecule has 1 amide bonds. The van der Waals surface area contributed by atoms with Gasteiger partial charge in [0.15, 0.2) is 5.78 Å². The van der Waals surface area contributed by atoms with Crippen molar-refractivity contribution in [1.29, 1.82) is 0 Å². The van der Waals surface area contributed by atoms with Crippen LogP contribution in [0.15, 0.2) is 6.07 Å². The van der Waals surface area contributed by atoms with Crippen molar-refractivity contribution in [3.8, 4) is 0 Å². The summed E-state index contributed by atoms with van der Waals surface area (Å²) >= 11 is 0. The molecule has 1 aliphatic rings. The monoisotopic (exact) mass is 263 g/mol. The van der Waals surface area contributed by atoms with Gasteiger partial charge in [-0.3, -0.25) is 9.59 Å². The lowest BCUT2D eigenvalue weighted by molar-refractivity contribution is -0.114. The number of carbonyl (C=O) groups excluding carboxylic acids is 2. The van der Waals surface area contributed by atoms with Crippen molar-refractivity contribution in [3.63, 3.8) is 0 Å². The van der Waals surface area contributed by atoms with Crippen LogP contribution in [-0.4, -0.2) is 11.7 Å². The fourth-order valence-electron chi connectivity index (χ4n) is 2.76. The Morgan fingerprint density at radius 2 is 2.05 bits per heavy atom. The van der Waals surface area contributed by atoms with Gasteiger partial charge < -0.3 is 5.32 Å². The molecule has 0 unspecified atom stereocenters. The number of hydrogen-bond acceptors (Lipinski definition) is 2. The Balaban J connectivity index is 2.68. The number of hydrogen-bond donors (Lipinski definition) is 1. The number of rotatable bonds is 2. The first-order chi connectivity index (χ1) is 8.91. The van der Waals surface area contributed by atoms with E-state index in [-0.39, 0.29) is 23.4 Å². The van der Waals surface area contributed by atoms with Gasteiger partial charge in [-0.05, 0) is 36.0 Å². The lowest BCUT2D eigenvalue weighted by Crippen LogP contribution is -2.20. The molecule has 0 atom stereocenters. The molecule has 0 radical (unpaired) electrons. The molecule has 3 nitrogen and oxygen atoms in total. The van der Waals surface area contributed by atoms with Crippen LogP contribution in [-0.2, 0) is 11.2 Å². The van der Waals surface area contributed by atoms with Crippen LogP contribution in [0.1, 0.15) is 61.0 Å². The van der Waals surface area contributed by atoms with E-state index in [1.807, 2.05) is 13.8 Å². The Morgan fingerprint density at radius 3 is 2.63 bits per heavy atom. The number of ketones is 1. The van der Waals surface area contributed by atoms with E-state index in [2.05, 4.69) is 5.32 Å². The minimum Gasteiger partial charge on any atom is -0.326 e. The summed E-state index contributed by atoms with van der Waals surface area (Å²) in [5.74, 6) is -0.623. The molecule has 4 heteroatoms. The van der Waals surface area contributed by atoms with Crippen LogP contribution < -0.4 is 5.32 Å². The molecule has 0 heterocycles. The second-order valence-electron chi connectivity index (χ2n) is 5.29. The van der Waals surface area contributed by atoms with Crippen LogP contribution in [0.4, 0.5) is 10.1 Å². The van der Waals surface area contributed by atoms with Gasteiger partial charge in [0.25, 0.3) is 0 Å². The minimum absolute atomic E-state index is 0.00750. The summed E-state index contributed by atoms with van der Waals surface area (Å²) in [5, 5.41) is 2.57. The molecular weight excluding hydrogens is 245 g/mol. The lowest BCUT2D eigenvalue weighted by Gasteiger charge is -2.24. The average Bonchev–Trinajstić information content (AvgIpc) is 2.26. The zero-order chi connectivity index (χ0) is 14.2. The highest BCUT2D eigenvalue weighted by Crippen LogP contribution is 2.36. The Labute approximate surface area is 112 Å². The number of benzene rings is 1. The predicted molar refractivity (Wildman–Crippen MR) is 72.1 cm³/mol. The van der Waals surface area contributed by atoms with Crippen LogP contribution in [0.3, 0.4) is 0 Å². The molecule has 2 rings (SSSR count). The van der Waals surface area contributed by atoms with Gasteiger partial charge in [-0.25, -0.2) is 4.39 Å². The van der Waals surface area contributed by atoms with Crippen LogP contribution >= 0.6 is 0 Å². The third kappa shape index (κ3) is 2.53. The first-order valence-electron chi connectivity index (χ1n) is 6.58. The number of amides is 1. The average molecular weight is 263 g/mol. The van der Waals surface area contributed by atoms with Crippen LogP contribution in [0, 0.1) is 5.82 Å². The standard InChI is InChI=1S/C15H18FNO2/c1-8(2)14-10-5-4-6-13(19)15(10)12(7-11(14)16)17-9(3)18/h7-8H,4-6H2,1-3H3,(H,17,18). The number of fused-ring (bicyclic) bond motifs is 1. The summed E-state index contributed by atoms with van der Waals surface area (Å²) in [5.41, 5.74) is 2.20. The highest BCUT2D eigenvalue weighted by Gasteiger charge is 2.27. The minimum atomic E-state index is -0.341. The molecule has 1 aromatic rings. The summed E-state index contributed by atoms with van der Waals surface area (Å²) in [6.45, 7) is 5.18. The normalized spacial score (nSPS) is 14.5. The molecule has 0 saturated carbocycles. The first-order valence-corrected chi connectivity index (χ1v) is 6.58. The summed E-state index contributed by atoms with van der Waals surface area (Å²) < 4.78 is 14.2. The quantitative estimate of drug-likeness (QED) is 0.888. The van der Waals surface area contributed by atoms with Crippen molar-refractivity contribution in [2.24, 2.45) is 0 Å². The van der Waals surface area contributed by atoms with Gasteiger partial charge in [-0.15, -0.1) is 0 Å². The lowest BCUT2D eigenvalue weighted by atomic mass is 9.82. The third-order valence-electron chi connectivity index (χ3n) is 3.42. The maximum atomic E-state index is 14.2. The van der Waals surface area contributed by atoms with Crippen LogP contribution in [0.2, 0.25) is 0 Å². The van der Waals surface area contributed by atoms with E-state index in [1.165, 1.54) is 13.0 Å². The van der Waals surface area contributed by atoms with Gasteiger partial charge in [0.2, 0.25) is 5.91 Å². The third-order valence-corrected chi connectivity index (χ3v) is 3.42. The van der Waals surface area contributed by atoms with Gasteiger partial charge in [-0.1, -0.05) is 13.8 Å².